The minimum Gasteiger partial charge on any atom is -0.495 e. The second-order valence-corrected chi connectivity index (χ2v) is 1.44. The first-order valence-electron chi connectivity index (χ1n) is 2.31. The van der Waals surface area contributed by atoms with E-state index in [0.717, 1.165) is 0 Å². The van der Waals surface area contributed by atoms with Crippen molar-refractivity contribution in [1.82, 2.24) is 5.48 Å². The lowest BCUT2D eigenvalue weighted by Crippen LogP contribution is -2.12. The summed E-state index contributed by atoms with van der Waals surface area (Å²) in [6, 6.07) is 0. The van der Waals surface area contributed by atoms with Crippen molar-refractivity contribution in [2.45, 2.75) is 0 Å². The molecule has 1 aliphatic heterocycles. The van der Waals surface area contributed by atoms with Crippen LogP contribution in [0, 0.1) is 0 Å². The average molecular weight is 150 g/mol. The first kappa shape index (κ1) is 8.33. The Hall–Kier alpha value is -0.670. The van der Waals surface area contributed by atoms with E-state index in [-0.39, 0.29) is 12.4 Å². The van der Waals surface area contributed by atoms with Crippen molar-refractivity contribution in [3.05, 3.63) is 24.1 Å². The second-order valence-electron chi connectivity index (χ2n) is 1.44. The molecule has 0 aromatic rings. The number of rotatable bonds is 1. The quantitative estimate of drug-likeness (QED) is 0.543. The van der Waals surface area contributed by atoms with Crippen molar-refractivity contribution in [3.63, 3.8) is 0 Å². The van der Waals surface area contributed by atoms with Crippen molar-refractivity contribution in [2.24, 2.45) is 0 Å². The highest BCUT2D eigenvalue weighted by molar-refractivity contribution is 5.85. The normalized spacial score (nSPS) is 15.0. The highest BCUT2D eigenvalue weighted by atomic mass is 35.5. The summed E-state index contributed by atoms with van der Waals surface area (Å²) in [7, 11) is 0. The topological polar surface area (TPSA) is 41.5 Å². The van der Waals surface area contributed by atoms with Crippen molar-refractivity contribution >= 4 is 12.4 Å². The van der Waals surface area contributed by atoms with Crippen molar-refractivity contribution in [1.29, 1.82) is 0 Å². The zero-order chi connectivity index (χ0) is 5.82. The molecule has 0 saturated heterocycles. The van der Waals surface area contributed by atoms with Gasteiger partial charge in [0.1, 0.15) is 6.61 Å². The molecule has 0 bridgehead atoms. The minimum absolute atomic E-state index is 0. The van der Waals surface area contributed by atoms with Crippen LogP contribution in [-0.2, 0) is 4.74 Å². The van der Waals surface area contributed by atoms with Crippen LogP contribution in [0.3, 0.4) is 0 Å². The van der Waals surface area contributed by atoms with Gasteiger partial charge in [0.25, 0.3) is 0 Å². The van der Waals surface area contributed by atoms with Crippen molar-refractivity contribution in [2.75, 3.05) is 6.61 Å². The fraction of sp³-hybridized carbons (Fsp3) is 0.200. The maximum atomic E-state index is 8.26. The number of hydroxylamine groups is 1. The highest BCUT2D eigenvalue weighted by Crippen LogP contribution is 1.96. The summed E-state index contributed by atoms with van der Waals surface area (Å²) in [6.45, 7) is 0.424. The molecule has 0 saturated carbocycles. The van der Waals surface area contributed by atoms with Crippen LogP contribution < -0.4 is 5.48 Å². The molecule has 0 aliphatic carbocycles. The zero-order valence-electron chi connectivity index (χ0n) is 4.70. The van der Waals surface area contributed by atoms with E-state index in [1.807, 2.05) is 5.48 Å². The van der Waals surface area contributed by atoms with E-state index in [4.69, 9.17) is 9.94 Å². The maximum Gasteiger partial charge on any atom is 0.129 e. The first-order chi connectivity index (χ1) is 3.93. The van der Waals surface area contributed by atoms with Crippen molar-refractivity contribution in [3.8, 4) is 0 Å². The largest absolute Gasteiger partial charge is 0.495 e. The molecule has 1 heterocycles. The first-order valence-corrected chi connectivity index (χ1v) is 2.31. The number of allylic oxidation sites excluding steroid dienone is 2. The molecule has 52 valence electrons. The monoisotopic (exact) mass is 149 g/mol. The Balaban J connectivity index is 0.000000640. The lowest BCUT2D eigenvalue weighted by atomic mass is 10.4. The van der Waals surface area contributed by atoms with E-state index in [1.54, 1.807) is 18.4 Å². The van der Waals surface area contributed by atoms with Gasteiger partial charge in [0.15, 0.2) is 0 Å². The molecule has 0 radical (unpaired) electrons. The SMILES string of the molecule is Cl.ONC1=CC=COC1. The van der Waals surface area contributed by atoms with Gasteiger partial charge in [0, 0.05) is 0 Å². The van der Waals surface area contributed by atoms with Gasteiger partial charge in [-0.2, -0.15) is 0 Å². The van der Waals surface area contributed by atoms with Gasteiger partial charge >= 0.3 is 0 Å². The summed E-state index contributed by atoms with van der Waals surface area (Å²) in [5.74, 6) is 0. The standard InChI is InChI=1S/C5H7NO2.ClH/c7-6-5-2-1-3-8-4-5;/h1-3,6-7H,4H2;1H. The number of ether oxygens (including phenoxy) is 1. The summed E-state index contributed by atoms with van der Waals surface area (Å²) < 4.78 is 4.80. The van der Waals surface area contributed by atoms with Crippen LogP contribution >= 0.6 is 12.4 Å². The number of nitrogens with one attached hydrogen (secondary N) is 1. The molecular formula is C5H8ClNO2. The minimum atomic E-state index is 0. The van der Waals surface area contributed by atoms with Crippen LogP contribution in [0.2, 0.25) is 0 Å². The summed E-state index contributed by atoms with van der Waals surface area (Å²) in [5, 5.41) is 8.26. The Morgan fingerprint density at radius 2 is 2.44 bits per heavy atom. The predicted octanol–water partition coefficient (Wildman–Crippen LogP) is 0.815. The van der Waals surface area contributed by atoms with Crippen molar-refractivity contribution < 1.29 is 9.94 Å². The molecule has 1 rings (SSSR count). The Morgan fingerprint density at radius 3 is 2.78 bits per heavy atom. The van der Waals surface area contributed by atoms with Crippen LogP contribution in [0.5, 0.6) is 0 Å². The predicted molar refractivity (Wildman–Crippen MR) is 35.3 cm³/mol. The molecule has 0 aromatic carbocycles. The Kier molecular flexibility index (Phi) is 3.92. The Labute approximate surface area is 59.4 Å². The van der Waals surface area contributed by atoms with Gasteiger partial charge in [0.05, 0.1) is 12.0 Å². The lowest BCUT2D eigenvalue weighted by Gasteiger charge is -2.06. The molecule has 0 spiro atoms. The number of hydrogen-bond acceptors (Lipinski definition) is 3. The zero-order valence-corrected chi connectivity index (χ0v) is 5.52. The van der Waals surface area contributed by atoms with E-state index >= 15 is 0 Å². The van der Waals surface area contributed by atoms with Gasteiger partial charge in [-0.15, -0.1) is 12.4 Å². The molecule has 0 fully saturated rings. The molecule has 1 aliphatic rings. The van der Waals surface area contributed by atoms with Crippen LogP contribution in [0.4, 0.5) is 0 Å². The molecule has 0 aromatic heterocycles. The van der Waals surface area contributed by atoms with E-state index in [1.165, 1.54) is 0 Å². The number of halogens is 1. The smallest absolute Gasteiger partial charge is 0.129 e. The number of hydrogen-bond donors (Lipinski definition) is 2. The van der Waals surface area contributed by atoms with E-state index in [0.29, 0.717) is 12.3 Å². The molecule has 9 heavy (non-hydrogen) atoms. The molecule has 0 amide bonds. The van der Waals surface area contributed by atoms with Crippen LogP contribution in [-0.4, -0.2) is 11.8 Å². The molecule has 2 N–H and O–H groups in total. The Morgan fingerprint density at radius 1 is 1.67 bits per heavy atom. The Bertz CT molecular complexity index is 133. The van der Waals surface area contributed by atoms with E-state index in [9.17, 15) is 0 Å². The van der Waals surface area contributed by atoms with Crippen LogP contribution in [0.15, 0.2) is 24.1 Å². The third kappa shape index (κ3) is 2.39. The summed E-state index contributed by atoms with van der Waals surface area (Å²) in [6.07, 6.45) is 5.02. The molecule has 4 heteroatoms. The molecular weight excluding hydrogens is 142 g/mol. The van der Waals surface area contributed by atoms with Gasteiger partial charge in [-0.25, -0.2) is 0 Å². The molecule has 0 atom stereocenters. The summed E-state index contributed by atoms with van der Waals surface area (Å²) >= 11 is 0. The van der Waals surface area contributed by atoms with Gasteiger partial charge < -0.3 is 4.74 Å². The fourth-order valence-corrected chi connectivity index (χ4v) is 0.467. The van der Waals surface area contributed by atoms with E-state index < -0.39 is 0 Å². The average Bonchev–Trinajstić information content (AvgIpc) is 1.90. The summed E-state index contributed by atoms with van der Waals surface area (Å²) in [4.78, 5) is 0. The second kappa shape index (κ2) is 4.23. The third-order valence-corrected chi connectivity index (χ3v) is 0.855. The fourth-order valence-electron chi connectivity index (χ4n) is 0.467. The van der Waals surface area contributed by atoms with Gasteiger partial charge in [-0.05, 0) is 12.2 Å². The van der Waals surface area contributed by atoms with Gasteiger partial charge in [-0.1, -0.05) is 0 Å². The van der Waals surface area contributed by atoms with Crippen LogP contribution in [0.25, 0.3) is 0 Å². The van der Waals surface area contributed by atoms with Gasteiger partial charge in [-0.3, -0.25) is 10.7 Å². The summed E-state index contributed by atoms with van der Waals surface area (Å²) in [5.41, 5.74) is 2.66. The van der Waals surface area contributed by atoms with Gasteiger partial charge in [0.2, 0.25) is 0 Å². The van der Waals surface area contributed by atoms with Crippen LogP contribution in [0.1, 0.15) is 0 Å². The lowest BCUT2D eigenvalue weighted by molar-refractivity contribution is 0.167. The highest BCUT2D eigenvalue weighted by Gasteiger charge is 1.94. The third-order valence-electron chi connectivity index (χ3n) is 0.855. The molecule has 3 nitrogen and oxygen atoms in total. The van der Waals surface area contributed by atoms with E-state index in [2.05, 4.69) is 0 Å². The molecule has 0 unspecified atom stereocenters. The maximum absolute atomic E-state index is 8.26.